The Bertz CT molecular complexity index is 696. The van der Waals surface area contributed by atoms with Crippen LogP contribution in [0.2, 0.25) is 0 Å². The number of amides is 1. The van der Waals surface area contributed by atoms with E-state index in [0.29, 0.717) is 0 Å². The molecule has 0 heterocycles. The van der Waals surface area contributed by atoms with E-state index in [1.807, 2.05) is 0 Å². The van der Waals surface area contributed by atoms with Gasteiger partial charge in [0.25, 0.3) is 13.0 Å². The van der Waals surface area contributed by atoms with Gasteiger partial charge in [0, 0.05) is 10.9 Å². The summed E-state index contributed by atoms with van der Waals surface area (Å²) in [7, 11) is -7.87. The van der Waals surface area contributed by atoms with Crippen LogP contribution in [-0.2, 0) is 4.57 Å². The Labute approximate surface area is 137 Å². The number of alkyl halides is 10. The molecule has 15 heteroatoms. The lowest BCUT2D eigenvalue weighted by molar-refractivity contribution is -0.265. The quantitative estimate of drug-likeness (QED) is 0.457. The second-order valence-corrected chi connectivity index (χ2v) is 7.55. The SMILES string of the molecule is [NH]NC(=O)c1ccc(P(=O)(C(F)(F)C(F)(F)F)C(F)(F)C(F)(F)F)cc1. The van der Waals surface area contributed by atoms with Crippen molar-refractivity contribution in [1.82, 2.24) is 11.3 Å². The fourth-order valence-corrected chi connectivity index (χ4v) is 4.04. The van der Waals surface area contributed by atoms with Crippen LogP contribution < -0.4 is 16.6 Å². The average molecular weight is 419 g/mol. The first-order valence-corrected chi connectivity index (χ1v) is 7.73. The van der Waals surface area contributed by atoms with Crippen molar-refractivity contribution >= 4 is 18.4 Å². The molecule has 1 radical (unpaired) electrons. The molecule has 0 atom stereocenters. The van der Waals surface area contributed by atoms with Gasteiger partial charge in [-0.15, -0.1) is 0 Å². The third-order valence-corrected chi connectivity index (χ3v) is 6.19. The highest BCUT2D eigenvalue weighted by atomic mass is 31.2. The molecule has 4 nitrogen and oxygen atoms in total. The van der Waals surface area contributed by atoms with E-state index in [4.69, 9.17) is 5.84 Å². The van der Waals surface area contributed by atoms with Crippen LogP contribution in [0, 0.1) is 0 Å². The Balaban J connectivity index is 3.79. The molecule has 0 spiro atoms. The van der Waals surface area contributed by atoms with Gasteiger partial charge in [0.05, 0.1) is 0 Å². The molecule has 147 valence electrons. The second-order valence-electron chi connectivity index (χ2n) is 4.69. The van der Waals surface area contributed by atoms with E-state index < -0.39 is 47.6 Å². The average Bonchev–Trinajstić information content (AvgIpc) is 2.50. The molecule has 1 aromatic carbocycles. The molecule has 0 aromatic heterocycles. The Morgan fingerprint density at radius 1 is 0.808 bits per heavy atom. The number of hydrogen-bond donors (Lipinski definition) is 1. The highest BCUT2D eigenvalue weighted by Gasteiger charge is 2.83. The van der Waals surface area contributed by atoms with Gasteiger partial charge < -0.3 is 4.57 Å². The van der Waals surface area contributed by atoms with E-state index in [-0.39, 0.29) is 24.3 Å². The zero-order valence-corrected chi connectivity index (χ0v) is 12.7. The molecule has 0 saturated carbocycles. The van der Waals surface area contributed by atoms with Gasteiger partial charge in [-0.05, 0) is 12.1 Å². The molecule has 0 fully saturated rings. The van der Waals surface area contributed by atoms with Crippen molar-refractivity contribution in [2.75, 3.05) is 0 Å². The van der Waals surface area contributed by atoms with Gasteiger partial charge in [0.15, 0.2) is 0 Å². The smallest absolute Gasteiger partial charge is 0.305 e. The van der Waals surface area contributed by atoms with E-state index in [9.17, 15) is 53.3 Å². The molecule has 1 aromatic rings. The number of carbonyl (C=O) groups excluding carboxylic acids is 1. The zero-order valence-electron chi connectivity index (χ0n) is 11.9. The Morgan fingerprint density at radius 2 is 1.15 bits per heavy atom. The lowest BCUT2D eigenvalue weighted by atomic mass is 10.2. The minimum Gasteiger partial charge on any atom is -0.305 e. The predicted molar refractivity (Wildman–Crippen MR) is 66.2 cm³/mol. The molecule has 0 aliphatic rings. The van der Waals surface area contributed by atoms with Crippen LogP contribution in [-0.4, -0.2) is 29.6 Å². The number of nitrogens with one attached hydrogen (secondary N) is 2. The minimum atomic E-state index is -7.87. The van der Waals surface area contributed by atoms with Gasteiger partial charge in [0.2, 0.25) is 0 Å². The first-order chi connectivity index (χ1) is 11.4. The zero-order chi connectivity index (χ0) is 20.8. The molecule has 0 aliphatic heterocycles. The van der Waals surface area contributed by atoms with Crippen LogP contribution in [0.4, 0.5) is 43.9 Å². The normalized spacial score (nSPS) is 14.3. The predicted octanol–water partition coefficient (Wildman–Crippen LogP) is 3.91. The summed E-state index contributed by atoms with van der Waals surface area (Å²) in [5.74, 6) is 5.21. The van der Waals surface area contributed by atoms with Crippen molar-refractivity contribution in [3.05, 3.63) is 29.8 Å². The van der Waals surface area contributed by atoms with Crippen molar-refractivity contribution in [2.24, 2.45) is 0 Å². The molecular weight excluding hydrogens is 413 g/mol. The largest absolute Gasteiger partial charge is 0.461 e. The van der Waals surface area contributed by atoms with E-state index >= 15 is 0 Å². The number of rotatable bonds is 4. The van der Waals surface area contributed by atoms with Gasteiger partial charge in [-0.3, -0.25) is 10.2 Å². The van der Waals surface area contributed by atoms with Crippen LogP contribution in [0.5, 0.6) is 0 Å². The third-order valence-electron chi connectivity index (χ3n) is 3.08. The summed E-state index contributed by atoms with van der Waals surface area (Å²) in [4.78, 5) is 11.1. The summed E-state index contributed by atoms with van der Waals surface area (Å²) in [6, 6.07) is 0.241. The maximum atomic E-state index is 13.5. The second kappa shape index (κ2) is 6.41. The summed E-state index contributed by atoms with van der Waals surface area (Å²) in [5, 5.41) is -2.15. The van der Waals surface area contributed by atoms with Gasteiger partial charge in [-0.25, -0.2) is 0 Å². The van der Waals surface area contributed by atoms with Crippen LogP contribution in [0.15, 0.2) is 24.3 Å². The van der Waals surface area contributed by atoms with Crippen LogP contribution >= 0.6 is 7.14 Å². The summed E-state index contributed by atoms with van der Waals surface area (Å²) >= 11 is 0. The topological polar surface area (TPSA) is 70.0 Å². The van der Waals surface area contributed by atoms with E-state index in [1.54, 1.807) is 0 Å². The van der Waals surface area contributed by atoms with E-state index in [2.05, 4.69) is 0 Å². The maximum absolute atomic E-state index is 13.5. The van der Waals surface area contributed by atoms with Gasteiger partial charge in [-0.1, -0.05) is 12.1 Å². The molecule has 0 aliphatic carbocycles. The van der Waals surface area contributed by atoms with Crippen LogP contribution in [0.3, 0.4) is 0 Å². The maximum Gasteiger partial charge on any atom is 0.461 e. The van der Waals surface area contributed by atoms with Crippen molar-refractivity contribution < 1.29 is 53.3 Å². The Kier molecular flexibility index (Phi) is 5.48. The van der Waals surface area contributed by atoms with Crippen molar-refractivity contribution in [1.29, 1.82) is 0 Å². The fourth-order valence-electron chi connectivity index (χ4n) is 1.75. The summed E-state index contributed by atoms with van der Waals surface area (Å²) in [6.45, 7) is 0. The summed E-state index contributed by atoms with van der Waals surface area (Å²) < 4.78 is 141. The highest BCUT2D eigenvalue weighted by molar-refractivity contribution is 7.74. The minimum absolute atomic E-state index is 0.148. The van der Waals surface area contributed by atoms with Crippen LogP contribution in [0.25, 0.3) is 0 Å². The molecule has 1 amide bonds. The molecule has 2 N–H and O–H groups in total. The number of halogens is 10. The number of carbonyl (C=O) groups is 1. The fraction of sp³-hybridized carbons (Fsp3) is 0.364. The van der Waals surface area contributed by atoms with E-state index in [0.717, 1.165) is 0 Å². The van der Waals surface area contributed by atoms with Crippen LogP contribution in [0.1, 0.15) is 10.4 Å². The first kappa shape index (κ1) is 22.2. The van der Waals surface area contributed by atoms with Crippen molar-refractivity contribution in [2.45, 2.75) is 23.7 Å². The molecule has 0 bridgehead atoms. The van der Waals surface area contributed by atoms with E-state index in [1.165, 1.54) is 5.43 Å². The molecule has 0 saturated heterocycles. The number of hydrogen-bond acceptors (Lipinski definition) is 2. The summed E-state index contributed by atoms with van der Waals surface area (Å²) in [6.07, 6.45) is -14.0. The van der Waals surface area contributed by atoms with Gasteiger partial charge in [-0.2, -0.15) is 49.7 Å². The Morgan fingerprint density at radius 3 is 1.42 bits per heavy atom. The van der Waals surface area contributed by atoms with Crippen molar-refractivity contribution in [3.63, 3.8) is 0 Å². The van der Waals surface area contributed by atoms with Gasteiger partial charge >= 0.3 is 23.7 Å². The molecular formula is C11H6F10N2O2P. The van der Waals surface area contributed by atoms with Crippen molar-refractivity contribution in [3.8, 4) is 0 Å². The third kappa shape index (κ3) is 3.15. The monoisotopic (exact) mass is 419 g/mol. The van der Waals surface area contributed by atoms with Gasteiger partial charge in [0.1, 0.15) is 0 Å². The first-order valence-electron chi connectivity index (χ1n) is 6.02. The lowest BCUT2D eigenvalue weighted by Gasteiger charge is -2.35. The number of benzene rings is 1. The molecule has 1 rings (SSSR count). The highest BCUT2D eigenvalue weighted by Crippen LogP contribution is 2.76. The Hall–Kier alpha value is -1.82. The molecule has 26 heavy (non-hydrogen) atoms. The lowest BCUT2D eigenvalue weighted by Crippen LogP contribution is -2.50. The standard InChI is InChI=1S/C11H6F10N2O2P/c12-8(13,14)10(18,19)26(25,11(20,21)9(15,16)17)6-3-1-5(2-4-6)7(24)23-22/h1-4,22H,(H,23,24). The molecule has 0 unspecified atom stereocenters. The summed E-state index contributed by atoms with van der Waals surface area (Å²) in [5.41, 5.74) is -13.3.